The zero-order valence-corrected chi connectivity index (χ0v) is 26.2. The van der Waals surface area contributed by atoms with Gasteiger partial charge in [0.1, 0.15) is 10.8 Å². The molecule has 0 spiro atoms. The molecule has 210 valence electrons. The first kappa shape index (κ1) is 35.0. The van der Waals surface area contributed by atoms with Crippen molar-refractivity contribution in [2.75, 3.05) is 31.3 Å². The summed E-state index contributed by atoms with van der Waals surface area (Å²) in [5, 5.41) is 9.66. The highest BCUT2D eigenvalue weighted by Gasteiger charge is 2.17. The van der Waals surface area contributed by atoms with Crippen LogP contribution in [0.15, 0.2) is 24.3 Å². The summed E-state index contributed by atoms with van der Waals surface area (Å²) in [7, 11) is 3.94. The second-order valence-corrected chi connectivity index (χ2v) is 10.2. The molecule has 3 aromatic rings. The summed E-state index contributed by atoms with van der Waals surface area (Å²) < 4.78 is 0. The van der Waals surface area contributed by atoms with Gasteiger partial charge in [-0.15, -0.1) is 24.2 Å². The largest absolute Gasteiger partial charge is 0.372 e. The number of aromatic nitrogens is 3. The SMILES string of the molecule is C#C.CCC(C)CC.CC[NH2+]C.CCc1nc(-c2c(C)nc(NCc3ccccc3C)nc2NC)sc1C. The van der Waals surface area contributed by atoms with Crippen LogP contribution in [0.3, 0.4) is 0 Å². The Bertz CT molecular complexity index is 1070. The monoisotopic (exact) mass is 539 g/mol. The molecule has 1 aromatic carbocycles. The molecule has 0 unspecified atom stereocenters. The maximum Gasteiger partial charge on any atom is 0.225 e. The average Bonchev–Trinajstić information content (AvgIpc) is 3.32. The third kappa shape index (κ3) is 11.6. The third-order valence-electron chi connectivity index (χ3n) is 6.27. The van der Waals surface area contributed by atoms with Crippen LogP contribution in [0, 0.1) is 39.5 Å². The molecule has 0 atom stereocenters. The van der Waals surface area contributed by atoms with Gasteiger partial charge in [0.05, 0.1) is 30.5 Å². The lowest BCUT2D eigenvalue weighted by Crippen LogP contribution is -2.78. The first-order chi connectivity index (χ1) is 18.3. The van der Waals surface area contributed by atoms with Crippen molar-refractivity contribution in [2.24, 2.45) is 5.92 Å². The van der Waals surface area contributed by atoms with Crippen LogP contribution in [-0.2, 0) is 13.0 Å². The molecule has 4 N–H and O–H groups in total. The van der Waals surface area contributed by atoms with Crippen molar-refractivity contribution in [3.05, 3.63) is 51.7 Å². The second-order valence-electron chi connectivity index (χ2n) is 9.00. The minimum Gasteiger partial charge on any atom is -0.372 e. The van der Waals surface area contributed by atoms with E-state index in [9.17, 15) is 0 Å². The molecule has 6 nitrogen and oxygen atoms in total. The number of nitrogens with zero attached hydrogens (tertiary/aromatic N) is 3. The number of nitrogens with two attached hydrogens (primary N) is 1. The lowest BCUT2D eigenvalue weighted by molar-refractivity contribution is -0.623. The van der Waals surface area contributed by atoms with Gasteiger partial charge in [0, 0.05) is 18.5 Å². The Labute approximate surface area is 236 Å². The van der Waals surface area contributed by atoms with E-state index in [1.807, 2.05) is 26.1 Å². The molecule has 2 heterocycles. The minimum atomic E-state index is 0.628. The highest BCUT2D eigenvalue weighted by Crippen LogP contribution is 2.34. The summed E-state index contributed by atoms with van der Waals surface area (Å²) in [5.41, 5.74) is 5.56. The number of anilines is 2. The predicted octanol–water partition coefficient (Wildman–Crippen LogP) is 6.63. The fraction of sp³-hybridized carbons (Fsp3) is 0.516. The molecule has 0 bridgehead atoms. The Morgan fingerprint density at radius 3 is 2.03 bits per heavy atom. The maximum atomic E-state index is 4.78. The molecular weight excluding hydrogens is 488 g/mol. The summed E-state index contributed by atoms with van der Waals surface area (Å²) in [6, 6.07) is 8.33. The first-order valence-corrected chi connectivity index (χ1v) is 14.5. The van der Waals surface area contributed by atoms with Crippen molar-refractivity contribution < 1.29 is 5.32 Å². The fourth-order valence-corrected chi connectivity index (χ4v) is 4.32. The third-order valence-corrected chi connectivity index (χ3v) is 7.30. The number of terminal acetylenes is 1. The molecule has 3 rings (SSSR count). The van der Waals surface area contributed by atoms with E-state index >= 15 is 0 Å². The Balaban J connectivity index is 0.000000964. The number of thiazole rings is 1. The molecule has 0 fully saturated rings. The quantitative estimate of drug-likeness (QED) is 0.266. The topological polar surface area (TPSA) is 79.3 Å². The van der Waals surface area contributed by atoms with Gasteiger partial charge in [-0.25, -0.2) is 9.97 Å². The molecule has 0 amide bonds. The van der Waals surface area contributed by atoms with Crippen molar-refractivity contribution >= 4 is 23.1 Å². The normalized spacial score (nSPS) is 9.82. The van der Waals surface area contributed by atoms with E-state index in [1.54, 1.807) is 11.3 Å². The van der Waals surface area contributed by atoms with Crippen LogP contribution in [0.4, 0.5) is 11.8 Å². The maximum absolute atomic E-state index is 4.78. The lowest BCUT2D eigenvalue weighted by Gasteiger charge is -2.13. The van der Waals surface area contributed by atoms with Crippen molar-refractivity contribution in [3.63, 3.8) is 0 Å². The van der Waals surface area contributed by atoms with E-state index in [0.29, 0.717) is 12.5 Å². The van der Waals surface area contributed by atoms with Gasteiger partial charge in [0.25, 0.3) is 0 Å². The van der Waals surface area contributed by atoms with E-state index in [-0.39, 0.29) is 0 Å². The van der Waals surface area contributed by atoms with E-state index in [1.165, 1.54) is 35.4 Å². The highest BCUT2D eigenvalue weighted by atomic mass is 32.1. The summed E-state index contributed by atoms with van der Waals surface area (Å²) in [5.74, 6) is 2.37. The smallest absolute Gasteiger partial charge is 0.225 e. The number of hydrogen-bond acceptors (Lipinski definition) is 6. The molecule has 7 heteroatoms. The highest BCUT2D eigenvalue weighted by molar-refractivity contribution is 7.15. The van der Waals surface area contributed by atoms with E-state index in [2.05, 4.69) is 106 Å². The van der Waals surface area contributed by atoms with E-state index < -0.39 is 0 Å². The molecule has 0 radical (unpaired) electrons. The van der Waals surface area contributed by atoms with Crippen LogP contribution < -0.4 is 16.0 Å². The number of benzene rings is 1. The van der Waals surface area contributed by atoms with Gasteiger partial charge in [-0.3, -0.25) is 0 Å². The van der Waals surface area contributed by atoms with Crippen LogP contribution in [-0.4, -0.2) is 35.6 Å². The van der Waals surface area contributed by atoms with Crippen LogP contribution >= 0.6 is 11.3 Å². The Morgan fingerprint density at radius 1 is 0.974 bits per heavy atom. The van der Waals surface area contributed by atoms with Crippen molar-refractivity contribution in [3.8, 4) is 23.4 Å². The zero-order chi connectivity index (χ0) is 29.1. The minimum absolute atomic E-state index is 0.628. The van der Waals surface area contributed by atoms with Crippen molar-refractivity contribution in [1.82, 2.24) is 15.0 Å². The standard InChI is InChI=1S/C20H25N5S.C6H14.C3H9N.C2H2/c1-6-16-14(4)26-19(24-16)17-13(3)23-20(25-18(17)21-5)22-11-15-10-8-7-9-12(15)2;1-4-6(3)5-2;1-3-4-2;1-2/h7-10H,6,11H2,1-5H3,(H2,21,22,23,25);6H,4-5H2,1-3H3;4H,3H2,1-2H3;1-2H/p+1. The van der Waals surface area contributed by atoms with Gasteiger partial charge >= 0.3 is 0 Å². The average molecular weight is 540 g/mol. The number of quaternary nitrogens is 1. The summed E-state index contributed by atoms with van der Waals surface area (Å²) in [6.07, 6.45) is 11.6. The van der Waals surface area contributed by atoms with Crippen LogP contribution in [0.2, 0.25) is 0 Å². The van der Waals surface area contributed by atoms with Gasteiger partial charge < -0.3 is 16.0 Å². The number of nitrogens with one attached hydrogen (secondary N) is 2. The van der Waals surface area contributed by atoms with Gasteiger partial charge in [-0.1, -0.05) is 64.8 Å². The van der Waals surface area contributed by atoms with Gasteiger partial charge in [-0.05, 0) is 51.2 Å². The zero-order valence-electron chi connectivity index (χ0n) is 25.4. The predicted molar refractivity (Wildman–Crippen MR) is 168 cm³/mol. The van der Waals surface area contributed by atoms with Crippen LogP contribution in [0.25, 0.3) is 10.6 Å². The van der Waals surface area contributed by atoms with E-state index in [4.69, 9.17) is 4.98 Å². The summed E-state index contributed by atoms with van der Waals surface area (Å²) >= 11 is 1.70. The Morgan fingerprint density at radius 2 is 1.58 bits per heavy atom. The number of aryl methyl sites for hydroxylation is 4. The van der Waals surface area contributed by atoms with Crippen LogP contribution in [0.1, 0.15) is 74.9 Å². The van der Waals surface area contributed by atoms with Gasteiger partial charge in [0.15, 0.2) is 0 Å². The van der Waals surface area contributed by atoms with Gasteiger partial charge in [0.2, 0.25) is 5.95 Å². The van der Waals surface area contributed by atoms with Crippen molar-refractivity contribution in [2.45, 2.75) is 81.2 Å². The molecule has 0 aliphatic rings. The summed E-state index contributed by atoms with van der Waals surface area (Å²) in [6.45, 7) is 19.1. The number of rotatable bonds is 9. The van der Waals surface area contributed by atoms with Crippen LogP contribution in [0.5, 0.6) is 0 Å². The molecular formula is C31H51N6S+. The molecule has 0 saturated carbocycles. The second kappa shape index (κ2) is 20.1. The van der Waals surface area contributed by atoms with E-state index in [0.717, 1.165) is 40.1 Å². The molecule has 0 saturated heterocycles. The lowest BCUT2D eigenvalue weighted by atomic mass is 10.1. The fourth-order valence-electron chi connectivity index (χ4n) is 3.22. The molecule has 0 aliphatic carbocycles. The Kier molecular flexibility index (Phi) is 18.5. The first-order valence-electron chi connectivity index (χ1n) is 13.7. The molecule has 2 aromatic heterocycles. The molecule has 38 heavy (non-hydrogen) atoms. The van der Waals surface area contributed by atoms with Gasteiger partial charge in [-0.2, -0.15) is 4.98 Å². The molecule has 0 aliphatic heterocycles. The number of hydrogen-bond donors (Lipinski definition) is 3. The summed E-state index contributed by atoms with van der Waals surface area (Å²) in [4.78, 5) is 15.4. The Hall–Kier alpha value is -2.95. The van der Waals surface area contributed by atoms with Crippen molar-refractivity contribution in [1.29, 1.82) is 0 Å².